The predicted octanol–water partition coefficient (Wildman–Crippen LogP) is 1.66. The molecular weight excluding hydrogens is 291 g/mol. The van der Waals surface area contributed by atoms with Gasteiger partial charge in [0.05, 0.1) is 11.6 Å². The van der Waals surface area contributed by atoms with Gasteiger partial charge in [0.25, 0.3) is 0 Å². The molecule has 0 spiro atoms. The van der Waals surface area contributed by atoms with E-state index in [4.69, 9.17) is 0 Å². The van der Waals surface area contributed by atoms with E-state index in [1.165, 1.54) is 12.1 Å². The van der Waals surface area contributed by atoms with E-state index in [9.17, 15) is 14.0 Å². The van der Waals surface area contributed by atoms with E-state index in [-0.39, 0.29) is 23.9 Å². The Morgan fingerprint density at radius 2 is 2.29 bits per heavy atom. The lowest BCUT2D eigenvalue weighted by Crippen LogP contribution is -2.25. The molecule has 0 radical (unpaired) electrons. The van der Waals surface area contributed by atoms with E-state index >= 15 is 0 Å². The standard InChI is InChI=1S/C11H10BrFN2O2/c12-7-1-2-8(13)9(4-7)15-11(17)6-3-10(16)14-5-6/h1-2,4,6H,3,5H2,(H,14,16)(H,15,17). The second kappa shape index (κ2) is 4.83. The zero-order chi connectivity index (χ0) is 12.4. The molecule has 6 heteroatoms. The lowest BCUT2D eigenvalue weighted by atomic mass is 10.1. The van der Waals surface area contributed by atoms with Gasteiger partial charge in [-0.3, -0.25) is 9.59 Å². The van der Waals surface area contributed by atoms with Gasteiger partial charge in [0.1, 0.15) is 5.82 Å². The highest BCUT2D eigenvalue weighted by Crippen LogP contribution is 2.21. The smallest absolute Gasteiger partial charge is 0.229 e. The Balaban J connectivity index is 2.07. The normalized spacial score (nSPS) is 18.9. The molecule has 4 nitrogen and oxygen atoms in total. The van der Waals surface area contributed by atoms with Crippen LogP contribution in [0.5, 0.6) is 0 Å². The van der Waals surface area contributed by atoms with Crippen molar-refractivity contribution in [3.8, 4) is 0 Å². The van der Waals surface area contributed by atoms with E-state index < -0.39 is 11.7 Å². The first-order valence-electron chi connectivity index (χ1n) is 5.09. The number of benzene rings is 1. The molecule has 0 aromatic heterocycles. The van der Waals surface area contributed by atoms with Gasteiger partial charge in [0.15, 0.2) is 0 Å². The average molecular weight is 301 g/mol. The van der Waals surface area contributed by atoms with Crippen LogP contribution in [0.1, 0.15) is 6.42 Å². The largest absolute Gasteiger partial charge is 0.355 e. The summed E-state index contributed by atoms with van der Waals surface area (Å²) in [6.45, 7) is 0.306. The third kappa shape index (κ3) is 2.82. The molecule has 1 fully saturated rings. The maximum atomic E-state index is 13.4. The first-order valence-corrected chi connectivity index (χ1v) is 5.88. The number of hydrogen-bond donors (Lipinski definition) is 2. The molecule has 1 aromatic rings. The molecule has 1 aliphatic rings. The molecule has 1 aliphatic heterocycles. The fraction of sp³-hybridized carbons (Fsp3) is 0.273. The van der Waals surface area contributed by atoms with Crippen molar-refractivity contribution in [3.05, 3.63) is 28.5 Å². The molecule has 0 aliphatic carbocycles. The van der Waals surface area contributed by atoms with Crippen LogP contribution in [0.2, 0.25) is 0 Å². The Labute approximate surface area is 106 Å². The van der Waals surface area contributed by atoms with Gasteiger partial charge in [-0.05, 0) is 18.2 Å². The number of amides is 2. The van der Waals surface area contributed by atoms with Crippen molar-refractivity contribution in [1.82, 2.24) is 5.32 Å². The first-order chi connectivity index (χ1) is 8.06. The summed E-state index contributed by atoms with van der Waals surface area (Å²) in [6.07, 6.45) is 0.154. The summed E-state index contributed by atoms with van der Waals surface area (Å²) in [5.41, 5.74) is 0.115. The minimum Gasteiger partial charge on any atom is -0.355 e. The molecule has 1 heterocycles. The molecule has 2 rings (SSSR count). The molecule has 17 heavy (non-hydrogen) atoms. The van der Waals surface area contributed by atoms with Gasteiger partial charge < -0.3 is 10.6 Å². The molecule has 2 N–H and O–H groups in total. The van der Waals surface area contributed by atoms with Crippen LogP contribution in [-0.4, -0.2) is 18.4 Å². The van der Waals surface area contributed by atoms with E-state index in [0.29, 0.717) is 11.0 Å². The number of anilines is 1. The predicted molar refractivity (Wildman–Crippen MR) is 63.8 cm³/mol. The van der Waals surface area contributed by atoms with Crippen molar-refractivity contribution in [1.29, 1.82) is 0 Å². The highest BCUT2D eigenvalue weighted by Gasteiger charge is 2.28. The summed E-state index contributed by atoms with van der Waals surface area (Å²) in [7, 11) is 0. The van der Waals surface area contributed by atoms with Crippen molar-refractivity contribution >= 4 is 33.4 Å². The monoisotopic (exact) mass is 300 g/mol. The summed E-state index contributed by atoms with van der Waals surface area (Å²) in [4.78, 5) is 22.7. The van der Waals surface area contributed by atoms with Crippen LogP contribution in [-0.2, 0) is 9.59 Å². The summed E-state index contributed by atoms with van der Waals surface area (Å²) in [5.74, 6) is -1.43. The molecule has 0 bridgehead atoms. The second-order valence-electron chi connectivity index (χ2n) is 3.82. The van der Waals surface area contributed by atoms with E-state index in [2.05, 4.69) is 26.6 Å². The molecule has 1 atom stereocenters. The number of halogens is 2. The molecule has 1 saturated heterocycles. The van der Waals surface area contributed by atoms with Gasteiger partial charge >= 0.3 is 0 Å². The third-order valence-corrected chi connectivity index (χ3v) is 3.03. The second-order valence-corrected chi connectivity index (χ2v) is 4.73. The van der Waals surface area contributed by atoms with Crippen molar-refractivity contribution in [2.24, 2.45) is 5.92 Å². The minimum atomic E-state index is -0.501. The highest BCUT2D eigenvalue weighted by atomic mass is 79.9. The van der Waals surface area contributed by atoms with Crippen molar-refractivity contribution < 1.29 is 14.0 Å². The Morgan fingerprint density at radius 3 is 2.94 bits per heavy atom. The Bertz CT molecular complexity index is 479. The fourth-order valence-electron chi connectivity index (χ4n) is 1.62. The lowest BCUT2D eigenvalue weighted by Gasteiger charge is -2.10. The van der Waals surface area contributed by atoms with E-state index in [0.717, 1.165) is 0 Å². The van der Waals surface area contributed by atoms with Crippen molar-refractivity contribution in [2.45, 2.75) is 6.42 Å². The topological polar surface area (TPSA) is 58.2 Å². The van der Waals surface area contributed by atoms with Crippen molar-refractivity contribution in [3.63, 3.8) is 0 Å². The van der Waals surface area contributed by atoms with Gasteiger partial charge in [0.2, 0.25) is 11.8 Å². The quantitative estimate of drug-likeness (QED) is 0.873. The summed E-state index contributed by atoms with van der Waals surface area (Å²) >= 11 is 3.19. The van der Waals surface area contributed by atoms with Crippen LogP contribution in [0, 0.1) is 11.7 Å². The number of carbonyl (C=O) groups is 2. The van der Waals surface area contributed by atoms with Crippen LogP contribution in [0.15, 0.2) is 22.7 Å². The van der Waals surface area contributed by atoms with Gasteiger partial charge in [-0.15, -0.1) is 0 Å². The average Bonchev–Trinajstić information content (AvgIpc) is 2.70. The van der Waals surface area contributed by atoms with Crippen molar-refractivity contribution in [2.75, 3.05) is 11.9 Å². The Kier molecular flexibility index (Phi) is 3.42. The van der Waals surface area contributed by atoms with E-state index in [1.807, 2.05) is 0 Å². The maximum Gasteiger partial charge on any atom is 0.229 e. The minimum absolute atomic E-state index is 0.115. The molecule has 1 aromatic carbocycles. The van der Waals surface area contributed by atoms with Crippen LogP contribution < -0.4 is 10.6 Å². The Morgan fingerprint density at radius 1 is 1.53 bits per heavy atom. The zero-order valence-electron chi connectivity index (χ0n) is 8.80. The SMILES string of the molecule is O=C1CC(C(=O)Nc2cc(Br)ccc2F)CN1. The molecule has 0 saturated carbocycles. The fourth-order valence-corrected chi connectivity index (χ4v) is 1.98. The molecule has 90 valence electrons. The first kappa shape index (κ1) is 12.0. The number of rotatable bonds is 2. The molecule has 1 unspecified atom stereocenters. The van der Waals surface area contributed by atoms with Gasteiger partial charge in [-0.2, -0.15) is 0 Å². The van der Waals surface area contributed by atoms with Crippen LogP contribution in [0.3, 0.4) is 0 Å². The zero-order valence-corrected chi connectivity index (χ0v) is 10.4. The highest BCUT2D eigenvalue weighted by molar-refractivity contribution is 9.10. The Hall–Kier alpha value is -1.43. The van der Waals surface area contributed by atoms with Crippen LogP contribution in [0.4, 0.5) is 10.1 Å². The summed E-state index contributed by atoms with van der Waals surface area (Å²) in [6, 6.07) is 4.29. The maximum absolute atomic E-state index is 13.4. The van der Waals surface area contributed by atoms with Gasteiger partial charge in [0, 0.05) is 17.4 Å². The number of carbonyl (C=O) groups excluding carboxylic acids is 2. The summed E-state index contributed by atoms with van der Waals surface area (Å²) < 4.78 is 14.1. The summed E-state index contributed by atoms with van der Waals surface area (Å²) in [5, 5.41) is 5.04. The number of nitrogens with one attached hydrogen (secondary N) is 2. The van der Waals surface area contributed by atoms with E-state index in [1.54, 1.807) is 6.07 Å². The third-order valence-electron chi connectivity index (χ3n) is 2.53. The molecular formula is C11H10BrFN2O2. The van der Waals surface area contributed by atoms with Crippen LogP contribution >= 0.6 is 15.9 Å². The van der Waals surface area contributed by atoms with Gasteiger partial charge in [-0.25, -0.2) is 4.39 Å². The number of hydrogen-bond acceptors (Lipinski definition) is 2. The molecule has 2 amide bonds. The van der Waals surface area contributed by atoms with Crippen LogP contribution in [0.25, 0.3) is 0 Å². The van der Waals surface area contributed by atoms with Gasteiger partial charge in [-0.1, -0.05) is 15.9 Å². The lowest BCUT2D eigenvalue weighted by molar-refractivity contribution is -0.123.